The molecule has 4 nitrogen and oxygen atoms in total. The molecule has 1 heterocycles. The van der Waals surface area contributed by atoms with Crippen LogP contribution in [0, 0.1) is 20.8 Å². The summed E-state index contributed by atoms with van der Waals surface area (Å²) >= 11 is 1.63. The topological polar surface area (TPSA) is 46.9 Å². The summed E-state index contributed by atoms with van der Waals surface area (Å²) in [5, 5.41) is 7.26. The molecule has 1 aromatic carbocycles. The highest BCUT2D eigenvalue weighted by Gasteiger charge is 2.12. The Morgan fingerprint density at radius 3 is 2.62 bits per heavy atom. The Balaban J connectivity index is 1.87. The van der Waals surface area contributed by atoms with Gasteiger partial charge in [0.2, 0.25) is 5.91 Å². The molecule has 21 heavy (non-hydrogen) atoms. The minimum absolute atomic E-state index is 0.0211. The predicted molar refractivity (Wildman–Crippen MR) is 88.7 cm³/mol. The zero-order chi connectivity index (χ0) is 15.4. The van der Waals surface area contributed by atoms with Crippen LogP contribution in [0.1, 0.15) is 22.5 Å². The molecule has 0 unspecified atom stereocenters. The van der Waals surface area contributed by atoms with Gasteiger partial charge in [-0.25, -0.2) is 0 Å². The molecule has 5 heteroatoms. The summed E-state index contributed by atoms with van der Waals surface area (Å²) in [6.45, 7) is 5.96. The molecule has 0 saturated carbocycles. The average Bonchev–Trinajstić information content (AvgIpc) is 2.68. The first-order valence-corrected chi connectivity index (χ1v) is 8.07. The average molecular weight is 303 g/mol. The number of carbonyl (C=O) groups is 1. The summed E-state index contributed by atoms with van der Waals surface area (Å²) in [7, 11) is 1.88. The lowest BCUT2D eigenvalue weighted by Crippen LogP contribution is -2.15. The Hall–Kier alpha value is -1.75. The third-order valence-corrected chi connectivity index (χ3v) is 4.51. The molecule has 0 aliphatic heterocycles. The van der Waals surface area contributed by atoms with Crippen LogP contribution in [0.3, 0.4) is 0 Å². The lowest BCUT2D eigenvalue weighted by molar-refractivity contribution is -0.113. The van der Waals surface area contributed by atoms with Crippen LogP contribution in [0.5, 0.6) is 0 Å². The summed E-state index contributed by atoms with van der Waals surface area (Å²) in [5.41, 5.74) is 5.21. The van der Waals surface area contributed by atoms with Crippen LogP contribution in [0.2, 0.25) is 0 Å². The smallest absolute Gasteiger partial charge is 0.234 e. The number of nitrogens with one attached hydrogen (secondary N) is 1. The summed E-state index contributed by atoms with van der Waals surface area (Å²) in [6, 6.07) is 8.27. The van der Waals surface area contributed by atoms with Crippen molar-refractivity contribution in [3.05, 3.63) is 46.8 Å². The molecule has 0 spiro atoms. The standard InChI is InChI=1S/C16H21N3OS/c1-11-7-5-6-8-14(11)9-21-10-15(20)17-16-12(2)18-19(4)13(16)3/h5-8H,9-10H2,1-4H3,(H,17,20). The Labute approximate surface area is 129 Å². The third kappa shape index (κ3) is 3.88. The monoisotopic (exact) mass is 303 g/mol. The molecular formula is C16H21N3OS. The van der Waals surface area contributed by atoms with Crippen LogP contribution in [-0.2, 0) is 17.6 Å². The molecule has 0 aliphatic rings. The van der Waals surface area contributed by atoms with Gasteiger partial charge < -0.3 is 5.32 Å². The molecule has 2 rings (SSSR count). The van der Waals surface area contributed by atoms with Gasteiger partial charge in [-0.05, 0) is 31.9 Å². The lowest BCUT2D eigenvalue weighted by Gasteiger charge is -2.07. The van der Waals surface area contributed by atoms with Crippen molar-refractivity contribution in [2.24, 2.45) is 7.05 Å². The number of thioether (sulfide) groups is 1. The van der Waals surface area contributed by atoms with Gasteiger partial charge in [0.1, 0.15) is 0 Å². The zero-order valence-electron chi connectivity index (χ0n) is 12.9. The van der Waals surface area contributed by atoms with Crippen molar-refractivity contribution in [1.29, 1.82) is 0 Å². The molecule has 1 aromatic heterocycles. The summed E-state index contributed by atoms with van der Waals surface area (Å²) in [5.74, 6) is 1.32. The molecule has 0 fully saturated rings. The van der Waals surface area contributed by atoms with Crippen molar-refractivity contribution in [2.45, 2.75) is 26.5 Å². The molecule has 0 bridgehead atoms. The van der Waals surface area contributed by atoms with Gasteiger partial charge >= 0.3 is 0 Å². The fourth-order valence-electron chi connectivity index (χ4n) is 2.16. The maximum atomic E-state index is 12.0. The second kappa shape index (κ2) is 6.80. The Morgan fingerprint density at radius 2 is 2.00 bits per heavy atom. The van der Waals surface area contributed by atoms with E-state index in [0.717, 1.165) is 22.8 Å². The number of amides is 1. The highest BCUT2D eigenvalue weighted by molar-refractivity contribution is 7.99. The van der Waals surface area contributed by atoms with E-state index in [9.17, 15) is 4.79 Å². The molecular weight excluding hydrogens is 282 g/mol. The van der Waals surface area contributed by atoms with E-state index in [0.29, 0.717) is 5.75 Å². The van der Waals surface area contributed by atoms with E-state index >= 15 is 0 Å². The van der Waals surface area contributed by atoms with Crippen molar-refractivity contribution in [2.75, 3.05) is 11.1 Å². The second-order valence-electron chi connectivity index (χ2n) is 5.14. The van der Waals surface area contributed by atoms with Gasteiger partial charge in [-0.15, -0.1) is 11.8 Å². The maximum Gasteiger partial charge on any atom is 0.234 e. The van der Waals surface area contributed by atoms with Crippen molar-refractivity contribution in [3.63, 3.8) is 0 Å². The number of hydrogen-bond acceptors (Lipinski definition) is 3. The van der Waals surface area contributed by atoms with E-state index in [1.165, 1.54) is 11.1 Å². The van der Waals surface area contributed by atoms with Crippen molar-refractivity contribution in [1.82, 2.24) is 9.78 Å². The van der Waals surface area contributed by atoms with Gasteiger partial charge in [0.05, 0.1) is 22.8 Å². The number of carbonyl (C=O) groups excluding carboxylic acids is 1. The quantitative estimate of drug-likeness (QED) is 0.922. The fraction of sp³-hybridized carbons (Fsp3) is 0.375. The van der Waals surface area contributed by atoms with E-state index in [4.69, 9.17) is 0 Å². The van der Waals surface area contributed by atoms with Crippen LogP contribution in [0.4, 0.5) is 5.69 Å². The third-order valence-electron chi connectivity index (χ3n) is 3.53. The van der Waals surface area contributed by atoms with Crippen molar-refractivity contribution >= 4 is 23.4 Å². The highest BCUT2D eigenvalue weighted by atomic mass is 32.2. The minimum atomic E-state index is 0.0211. The first-order chi connectivity index (χ1) is 9.99. The molecule has 0 saturated heterocycles. The van der Waals surface area contributed by atoms with E-state index in [2.05, 4.69) is 29.5 Å². The van der Waals surface area contributed by atoms with Gasteiger partial charge in [-0.1, -0.05) is 24.3 Å². The number of nitrogens with zero attached hydrogens (tertiary/aromatic N) is 2. The Bertz CT molecular complexity index is 649. The SMILES string of the molecule is Cc1ccccc1CSCC(=O)Nc1c(C)nn(C)c1C. The second-order valence-corrected chi connectivity index (χ2v) is 6.12. The molecule has 0 radical (unpaired) electrons. The fourth-order valence-corrected chi connectivity index (χ4v) is 3.06. The first kappa shape index (κ1) is 15.6. The van der Waals surface area contributed by atoms with Crippen LogP contribution in [0.15, 0.2) is 24.3 Å². The van der Waals surface area contributed by atoms with E-state index in [-0.39, 0.29) is 5.91 Å². The lowest BCUT2D eigenvalue weighted by atomic mass is 10.1. The van der Waals surface area contributed by atoms with E-state index in [1.807, 2.05) is 33.0 Å². The zero-order valence-corrected chi connectivity index (χ0v) is 13.8. The number of benzene rings is 1. The van der Waals surface area contributed by atoms with Crippen molar-refractivity contribution < 1.29 is 4.79 Å². The molecule has 2 aromatic rings. The predicted octanol–water partition coefficient (Wildman–Crippen LogP) is 3.22. The van der Waals surface area contributed by atoms with Gasteiger partial charge in [0, 0.05) is 12.8 Å². The number of hydrogen-bond donors (Lipinski definition) is 1. The maximum absolute atomic E-state index is 12.0. The summed E-state index contributed by atoms with van der Waals surface area (Å²) < 4.78 is 1.78. The normalized spacial score (nSPS) is 10.7. The number of anilines is 1. The largest absolute Gasteiger partial charge is 0.322 e. The number of rotatable bonds is 5. The van der Waals surface area contributed by atoms with Gasteiger partial charge in [0.15, 0.2) is 0 Å². The van der Waals surface area contributed by atoms with Crippen LogP contribution >= 0.6 is 11.8 Å². The van der Waals surface area contributed by atoms with E-state index in [1.54, 1.807) is 16.4 Å². The van der Waals surface area contributed by atoms with Gasteiger partial charge in [-0.3, -0.25) is 9.48 Å². The summed E-state index contributed by atoms with van der Waals surface area (Å²) in [4.78, 5) is 12.0. The molecule has 1 N–H and O–H groups in total. The van der Waals surface area contributed by atoms with Gasteiger partial charge in [0.25, 0.3) is 0 Å². The van der Waals surface area contributed by atoms with Gasteiger partial charge in [-0.2, -0.15) is 5.10 Å². The molecule has 1 amide bonds. The van der Waals surface area contributed by atoms with E-state index < -0.39 is 0 Å². The molecule has 112 valence electrons. The molecule has 0 atom stereocenters. The number of aromatic nitrogens is 2. The van der Waals surface area contributed by atoms with Crippen molar-refractivity contribution in [3.8, 4) is 0 Å². The number of aryl methyl sites for hydroxylation is 3. The van der Waals surface area contributed by atoms with Crippen LogP contribution in [-0.4, -0.2) is 21.4 Å². The first-order valence-electron chi connectivity index (χ1n) is 6.91. The van der Waals surface area contributed by atoms with Crippen LogP contribution < -0.4 is 5.32 Å². The summed E-state index contributed by atoms with van der Waals surface area (Å²) in [6.07, 6.45) is 0. The Kier molecular flexibility index (Phi) is 5.07. The minimum Gasteiger partial charge on any atom is -0.322 e. The molecule has 0 aliphatic carbocycles. The highest BCUT2D eigenvalue weighted by Crippen LogP contribution is 2.20. The Morgan fingerprint density at radius 1 is 1.29 bits per heavy atom. The van der Waals surface area contributed by atoms with Crippen LogP contribution in [0.25, 0.3) is 0 Å².